The Bertz CT molecular complexity index is 347. The highest BCUT2D eigenvalue weighted by molar-refractivity contribution is 5.86. The fraction of sp³-hybridized carbons (Fsp3) is 0.333. The normalized spacial score (nSPS) is 9.67. The molecule has 0 aliphatic carbocycles. The van der Waals surface area contributed by atoms with Crippen molar-refractivity contribution >= 4 is 5.91 Å². The Labute approximate surface area is 90.2 Å². The van der Waals surface area contributed by atoms with Crippen molar-refractivity contribution in [2.24, 2.45) is 0 Å². The van der Waals surface area contributed by atoms with Crippen molar-refractivity contribution in [3.05, 3.63) is 42.2 Å². The third-order valence-corrected chi connectivity index (χ3v) is 2.19. The molecule has 3 heteroatoms. The van der Waals surface area contributed by atoms with Crippen LogP contribution >= 0.6 is 0 Å². The lowest BCUT2D eigenvalue weighted by Crippen LogP contribution is -2.22. The van der Waals surface area contributed by atoms with Gasteiger partial charge >= 0.3 is 0 Å². The summed E-state index contributed by atoms with van der Waals surface area (Å²) in [4.78, 5) is 15.1. The molecule has 1 heterocycles. The van der Waals surface area contributed by atoms with Gasteiger partial charge in [0.15, 0.2) is 0 Å². The molecule has 0 spiro atoms. The summed E-state index contributed by atoms with van der Waals surface area (Å²) in [5.41, 5.74) is 2.30. The molecule has 0 saturated carbocycles. The topological polar surface area (TPSA) is 42.0 Å². The van der Waals surface area contributed by atoms with Crippen molar-refractivity contribution < 1.29 is 4.79 Å². The van der Waals surface area contributed by atoms with Gasteiger partial charge in [-0.1, -0.05) is 12.6 Å². The SMILES string of the molecule is C=CC(=O)NCCCc1ncccc1C. The van der Waals surface area contributed by atoms with Crippen LogP contribution < -0.4 is 5.32 Å². The van der Waals surface area contributed by atoms with E-state index in [4.69, 9.17) is 0 Å². The number of hydrogen-bond donors (Lipinski definition) is 1. The summed E-state index contributed by atoms with van der Waals surface area (Å²) in [6, 6.07) is 3.98. The van der Waals surface area contributed by atoms with E-state index in [0.717, 1.165) is 18.5 Å². The second kappa shape index (κ2) is 5.96. The minimum Gasteiger partial charge on any atom is -0.353 e. The summed E-state index contributed by atoms with van der Waals surface area (Å²) < 4.78 is 0. The number of nitrogens with one attached hydrogen (secondary N) is 1. The van der Waals surface area contributed by atoms with Crippen LogP contribution in [-0.4, -0.2) is 17.4 Å². The number of nitrogens with zero attached hydrogens (tertiary/aromatic N) is 1. The van der Waals surface area contributed by atoms with Crippen LogP contribution in [0.3, 0.4) is 0 Å². The summed E-state index contributed by atoms with van der Waals surface area (Å²) >= 11 is 0. The van der Waals surface area contributed by atoms with Gasteiger partial charge in [-0.3, -0.25) is 9.78 Å². The second-order valence-corrected chi connectivity index (χ2v) is 3.37. The first-order chi connectivity index (χ1) is 7.24. The third kappa shape index (κ3) is 3.94. The molecule has 1 N–H and O–H groups in total. The minimum atomic E-state index is -0.118. The fourth-order valence-corrected chi connectivity index (χ4v) is 1.32. The van der Waals surface area contributed by atoms with Gasteiger partial charge in [0.05, 0.1) is 0 Å². The Balaban J connectivity index is 2.29. The highest BCUT2D eigenvalue weighted by atomic mass is 16.1. The van der Waals surface area contributed by atoms with Crippen LogP contribution in [0.2, 0.25) is 0 Å². The van der Waals surface area contributed by atoms with Gasteiger partial charge in [0.1, 0.15) is 0 Å². The van der Waals surface area contributed by atoms with Crippen molar-refractivity contribution in [2.75, 3.05) is 6.54 Å². The van der Waals surface area contributed by atoms with E-state index in [1.807, 2.05) is 19.1 Å². The summed E-state index contributed by atoms with van der Waals surface area (Å²) in [6.45, 7) is 6.10. The van der Waals surface area contributed by atoms with Gasteiger partial charge in [-0.2, -0.15) is 0 Å². The van der Waals surface area contributed by atoms with Crippen molar-refractivity contribution in [3.63, 3.8) is 0 Å². The molecule has 15 heavy (non-hydrogen) atoms. The zero-order chi connectivity index (χ0) is 11.1. The lowest BCUT2D eigenvalue weighted by Gasteiger charge is -2.04. The van der Waals surface area contributed by atoms with E-state index >= 15 is 0 Å². The number of amides is 1. The maximum Gasteiger partial charge on any atom is 0.243 e. The molecule has 0 aliphatic heterocycles. The van der Waals surface area contributed by atoms with E-state index < -0.39 is 0 Å². The first-order valence-electron chi connectivity index (χ1n) is 5.05. The number of aryl methyl sites for hydroxylation is 2. The Morgan fingerprint density at radius 2 is 2.47 bits per heavy atom. The maximum absolute atomic E-state index is 10.8. The van der Waals surface area contributed by atoms with Gasteiger partial charge in [0.2, 0.25) is 5.91 Å². The lowest BCUT2D eigenvalue weighted by atomic mass is 10.1. The zero-order valence-electron chi connectivity index (χ0n) is 8.99. The van der Waals surface area contributed by atoms with Crippen LogP contribution in [0, 0.1) is 6.92 Å². The van der Waals surface area contributed by atoms with Crippen molar-refractivity contribution in [3.8, 4) is 0 Å². The van der Waals surface area contributed by atoms with Crippen molar-refractivity contribution in [1.82, 2.24) is 10.3 Å². The number of carbonyl (C=O) groups excluding carboxylic acids is 1. The highest BCUT2D eigenvalue weighted by Crippen LogP contribution is 2.05. The first-order valence-corrected chi connectivity index (χ1v) is 5.05. The average Bonchev–Trinajstić information content (AvgIpc) is 2.26. The molecule has 3 nitrogen and oxygen atoms in total. The number of aromatic nitrogens is 1. The lowest BCUT2D eigenvalue weighted by molar-refractivity contribution is -0.116. The molecule has 0 saturated heterocycles. The van der Waals surface area contributed by atoms with Gasteiger partial charge in [-0.15, -0.1) is 0 Å². The molecule has 80 valence electrons. The van der Waals surface area contributed by atoms with Crippen LogP contribution in [-0.2, 0) is 11.2 Å². The molecule has 0 fully saturated rings. The van der Waals surface area contributed by atoms with Crippen LogP contribution in [0.5, 0.6) is 0 Å². The number of rotatable bonds is 5. The van der Waals surface area contributed by atoms with Gasteiger partial charge in [0, 0.05) is 18.4 Å². The van der Waals surface area contributed by atoms with Crippen LogP contribution in [0.25, 0.3) is 0 Å². The van der Waals surface area contributed by atoms with Gasteiger partial charge in [0.25, 0.3) is 0 Å². The van der Waals surface area contributed by atoms with E-state index in [9.17, 15) is 4.79 Å². The molecular weight excluding hydrogens is 188 g/mol. The summed E-state index contributed by atoms with van der Waals surface area (Å²) in [7, 11) is 0. The van der Waals surface area contributed by atoms with E-state index in [0.29, 0.717) is 6.54 Å². The largest absolute Gasteiger partial charge is 0.353 e. The monoisotopic (exact) mass is 204 g/mol. The molecule has 1 aromatic heterocycles. The predicted molar refractivity (Wildman–Crippen MR) is 60.5 cm³/mol. The maximum atomic E-state index is 10.8. The number of pyridine rings is 1. The molecule has 0 unspecified atom stereocenters. The quantitative estimate of drug-likeness (QED) is 0.585. The van der Waals surface area contributed by atoms with Crippen LogP contribution in [0.4, 0.5) is 0 Å². The number of carbonyl (C=O) groups is 1. The summed E-state index contributed by atoms with van der Waals surface area (Å²) in [6.07, 6.45) is 4.87. The van der Waals surface area contributed by atoms with Crippen LogP contribution in [0.1, 0.15) is 17.7 Å². The molecule has 0 radical (unpaired) electrons. The molecule has 0 aliphatic rings. The average molecular weight is 204 g/mol. The molecule has 1 amide bonds. The fourth-order valence-electron chi connectivity index (χ4n) is 1.32. The Kier molecular flexibility index (Phi) is 4.54. The third-order valence-electron chi connectivity index (χ3n) is 2.19. The smallest absolute Gasteiger partial charge is 0.243 e. The molecule has 1 aromatic rings. The highest BCUT2D eigenvalue weighted by Gasteiger charge is 1.98. The molecule has 0 aromatic carbocycles. The predicted octanol–water partition coefficient (Wildman–Crippen LogP) is 1.62. The van der Waals surface area contributed by atoms with Gasteiger partial charge in [-0.25, -0.2) is 0 Å². The summed E-state index contributed by atoms with van der Waals surface area (Å²) in [5, 5.41) is 2.74. The van der Waals surface area contributed by atoms with Gasteiger partial charge < -0.3 is 5.32 Å². The standard InChI is InChI=1S/C12H16N2O/c1-3-12(15)14-9-5-7-11-10(2)6-4-8-13-11/h3-4,6,8H,1,5,7,9H2,2H3,(H,14,15). The van der Waals surface area contributed by atoms with Gasteiger partial charge in [-0.05, 0) is 37.5 Å². The minimum absolute atomic E-state index is 0.118. The molecule has 0 bridgehead atoms. The zero-order valence-corrected chi connectivity index (χ0v) is 8.99. The summed E-state index contributed by atoms with van der Waals surface area (Å²) in [5.74, 6) is -0.118. The van der Waals surface area contributed by atoms with E-state index in [2.05, 4.69) is 16.9 Å². The number of hydrogen-bond acceptors (Lipinski definition) is 2. The Morgan fingerprint density at radius 3 is 3.13 bits per heavy atom. The van der Waals surface area contributed by atoms with E-state index in [1.54, 1.807) is 6.20 Å². The Hall–Kier alpha value is -1.64. The first kappa shape index (κ1) is 11.4. The van der Waals surface area contributed by atoms with Crippen LogP contribution in [0.15, 0.2) is 31.0 Å². The van der Waals surface area contributed by atoms with Crippen molar-refractivity contribution in [1.29, 1.82) is 0 Å². The Morgan fingerprint density at radius 1 is 1.67 bits per heavy atom. The molecule has 0 atom stereocenters. The second-order valence-electron chi connectivity index (χ2n) is 3.37. The molecule has 1 rings (SSSR count). The molecular formula is C12H16N2O. The van der Waals surface area contributed by atoms with Crippen molar-refractivity contribution in [2.45, 2.75) is 19.8 Å². The van der Waals surface area contributed by atoms with E-state index in [1.165, 1.54) is 11.6 Å². The van der Waals surface area contributed by atoms with E-state index in [-0.39, 0.29) is 5.91 Å².